The molecule has 2 rings (SSSR count). The largest absolute Gasteiger partial charge is 0.331 e. The van der Waals surface area contributed by atoms with Gasteiger partial charge in [-0.05, 0) is 36.5 Å². The van der Waals surface area contributed by atoms with Gasteiger partial charge in [-0.2, -0.15) is 0 Å². The highest BCUT2D eigenvalue weighted by molar-refractivity contribution is 7.80. The fourth-order valence-corrected chi connectivity index (χ4v) is 1.67. The van der Waals surface area contributed by atoms with Crippen LogP contribution in [0.15, 0.2) is 48.7 Å². The predicted octanol–water partition coefficient (Wildman–Crippen LogP) is 1.62. The van der Waals surface area contributed by atoms with Crippen LogP contribution in [0.5, 0.6) is 0 Å². The van der Waals surface area contributed by atoms with E-state index in [1.165, 1.54) is 30.5 Å². The van der Waals surface area contributed by atoms with Gasteiger partial charge in [0.25, 0.3) is 11.6 Å². The van der Waals surface area contributed by atoms with Crippen molar-refractivity contribution in [2.24, 2.45) is 0 Å². The van der Waals surface area contributed by atoms with Gasteiger partial charge in [0.15, 0.2) is 5.11 Å². The Kier molecular flexibility index (Phi) is 4.94. The monoisotopic (exact) mass is 317 g/mol. The molecule has 1 aromatic heterocycles. The first-order chi connectivity index (χ1) is 10.6. The molecule has 112 valence electrons. The van der Waals surface area contributed by atoms with E-state index in [0.29, 0.717) is 5.69 Å². The number of carbonyl (C=O) groups is 1. The molecular weight excluding hydrogens is 306 g/mol. The van der Waals surface area contributed by atoms with Gasteiger partial charge in [0.2, 0.25) is 0 Å². The summed E-state index contributed by atoms with van der Waals surface area (Å²) < 4.78 is 0. The molecular formula is C13H11N5O3S. The van der Waals surface area contributed by atoms with Crippen molar-refractivity contribution < 1.29 is 9.72 Å². The second-order valence-electron chi connectivity index (χ2n) is 4.05. The molecule has 1 aromatic carbocycles. The number of hydrazine groups is 1. The Morgan fingerprint density at radius 3 is 2.45 bits per heavy atom. The first kappa shape index (κ1) is 15.3. The number of rotatable bonds is 3. The maximum absolute atomic E-state index is 11.7. The zero-order valence-corrected chi connectivity index (χ0v) is 12.0. The van der Waals surface area contributed by atoms with E-state index in [9.17, 15) is 14.9 Å². The molecule has 0 radical (unpaired) electrons. The molecule has 0 aliphatic heterocycles. The number of aromatic nitrogens is 1. The normalized spacial score (nSPS) is 9.64. The van der Waals surface area contributed by atoms with Gasteiger partial charge in [0, 0.05) is 24.0 Å². The maximum atomic E-state index is 11.7. The number of nitrogens with one attached hydrogen (secondary N) is 3. The van der Waals surface area contributed by atoms with Crippen molar-refractivity contribution in [3.8, 4) is 0 Å². The van der Waals surface area contributed by atoms with Crippen LogP contribution < -0.4 is 16.2 Å². The molecule has 8 nitrogen and oxygen atoms in total. The lowest BCUT2D eigenvalue weighted by molar-refractivity contribution is -0.384. The number of hydrogen-bond donors (Lipinski definition) is 3. The van der Waals surface area contributed by atoms with E-state index in [2.05, 4.69) is 21.2 Å². The standard InChI is InChI=1S/C13H11N5O3S/c19-12(11-3-1-2-8-14-11)16-17-13(22)15-9-4-6-10(7-5-9)18(20)21/h1-8H,(H,16,19)(H2,15,17,22). The van der Waals surface area contributed by atoms with Gasteiger partial charge in [0.1, 0.15) is 5.69 Å². The number of nitrogens with zero attached hydrogens (tertiary/aromatic N) is 2. The summed E-state index contributed by atoms with van der Waals surface area (Å²) in [4.78, 5) is 25.7. The third-order valence-electron chi connectivity index (χ3n) is 2.52. The van der Waals surface area contributed by atoms with Crippen LogP contribution in [0, 0.1) is 10.1 Å². The van der Waals surface area contributed by atoms with E-state index in [4.69, 9.17) is 12.2 Å². The summed E-state index contributed by atoms with van der Waals surface area (Å²) in [6, 6.07) is 10.7. The molecule has 1 amide bonds. The number of amides is 1. The van der Waals surface area contributed by atoms with Crippen LogP contribution in [0.2, 0.25) is 0 Å². The number of thiocarbonyl (C=S) groups is 1. The van der Waals surface area contributed by atoms with Crippen molar-refractivity contribution in [2.45, 2.75) is 0 Å². The molecule has 1 heterocycles. The molecule has 22 heavy (non-hydrogen) atoms. The quantitative estimate of drug-likeness (QED) is 0.448. The number of anilines is 1. The van der Waals surface area contributed by atoms with Crippen LogP contribution >= 0.6 is 12.2 Å². The smallest absolute Gasteiger partial charge is 0.288 e. The minimum atomic E-state index is -0.493. The van der Waals surface area contributed by atoms with Gasteiger partial charge in [0.05, 0.1) is 4.92 Å². The van der Waals surface area contributed by atoms with Gasteiger partial charge in [-0.3, -0.25) is 30.7 Å². The number of nitro groups is 1. The Morgan fingerprint density at radius 2 is 1.86 bits per heavy atom. The Morgan fingerprint density at radius 1 is 1.14 bits per heavy atom. The van der Waals surface area contributed by atoms with Gasteiger partial charge in [-0.1, -0.05) is 6.07 Å². The SMILES string of the molecule is O=C(NNC(=S)Nc1ccc([N+](=O)[O-])cc1)c1ccccn1. The maximum Gasteiger partial charge on any atom is 0.288 e. The summed E-state index contributed by atoms with van der Waals surface area (Å²) in [6.07, 6.45) is 1.50. The molecule has 3 N–H and O–H groups in total. The second kappa shape index (κ2) is 7.09. The van der Waals surface area contributed by atoms with E-state index in [1.54, 1.807) is 18.2 Å². The molecule has 0 saturated heterocycles. The van der Waals surface area contributed by atoms with Crippen molar-refractivity contribution >= 4 is 34.6 Å². The summed E-state index contributed by atoms with van der Waals surface area (Å²) in [5.74, 6) is -0.437. The van der Waals surface area contributed by atoms with Gasteiger partial charge in [-0.25, -0.2) is 0 Å². The predicted molar refractivity (Wildman–Crippen MR) is 84.2 cm³/mol. The summed E-state index contributed by atoms with van der Waals surface area (Å²) in [6.45, 7) is 0. The third-order valence-corrected chi connectivity index (χ3v) is 2.73. The number of benzene rings is 1. The fraction of sp³-hybridized carbons (Fsp3) is 0. The zero-order chi connectivity index (χ0) is 15.9. The van der Waals surface area contributed by atoms with Crippen molar-refractivity contribution in [3.63, 3.8) is 0 Å². The lowest BCUT2D eigenvalue weighted by Crippen LogP contribution is -2.44. The van der Waals surface area contributed by atoms with Crippen LogP contribution in [0.1, 0.15) is 10.5 Å². The number of hydrogen-bond acceptors (Lipinski definition) is 5. The van der Waals surface area contributed by atoms with E-state index in [1.807, 2.05) is 0 Å². The van der Waals surface area contributed by atoms with E-state index in [0.717, 1.165) is 0 Å². The Labute approximate surface area is 130 Å². The molecule has 9 heteroatoms. The van der Waals surface area contributed by atoms with Crippen LogP contribution in [-0.2, 0) is 0 Å². The average molecular weight is 317 g/mol. The lowest BCUT2D eigenvalue weighted by Gasteiger charge is -2.11. The molecule has 0 spiro atoms. The Bertz CT molecular complexity index is 691. The van der Waals surface area contributed by atoms with Crippen LogP contribution in [-0.4, -0.2) is 20.9 Å². The fourth-order valence-electron chi connectivity index (χ4n) is 1.50. The molecule has 0 saturated carbocycles. The first-order valence-electron chi connectivity index (χ1n) is 6.09. The van der Waals surface area contributed by atoms with Crippen molar-refractivity contribution in [1.29, 1.82) is 0 Å². The molecule has 0 aliphatic carbocycles. The summed E-state index contributed by atoms with van der Waals surface area (Å²) >= 11 is 5.00. The van der Waals surface area contributed by atoms with Crippen molar-refractivity contribution in [1.82, 2.24) is 15.8 Å². The number of non-ortho nitro benzene ring substituents is 1. The molecule has 0 aliphatic rings. The highest BCUT2D eigenvalue weighted by atomic mass is 32.1. The first-order valence-corrected chi connectivity index (χ1v) is 6.50. The van der Waals surface area contributed by atoms with Gasteiger partial charge >= 0.3 is 0 Å². The van der Waals surface area contributed by atoms with Crippen LogP contribution in [0.3, 0.4) is 0 Å². The van der Waals surface area contributed by atoms with Gasteiger partial charge in [-0.15, -0.1) is 0 Å². The molecule has 0 atom stereocenters. The third kappa shape index (κ3) is 4.21. The molecule has 0 bridgehead atoms. The van der Waals surface area contributed by atoms with Crippen molar-refractivity contribution in [3.05, 3.63) is 64.5 Å². The highest BCUT2D eigenvalue weighted by Crippen LogP contribution is 2.15. The molecule has 0 fully saturated rings. The number of carbonyl (C=O) groups excluding carboxylic acids is 1. The second-order valence-corrected chi connectivity index (χ2v) is 4.46. The minimum absolute atomic E-state index is 0.0205. The van der Waals surface area contributed by atoms with E-state index >= 15 is 0 Å². The highest BCUT2D eigenvalue weighted by Gasteiger charge is 2.07. The lowest BCUT2D eigenvalue weighted by atomic mass is 10.3. The summed E-state index contributed by atoms with van der Waals surface area (Å²) in [5.41, 5.74) is 5.67. The molecule has 2 aromatic rings. The topological polar surface area (TPSA) is 109 Å². The Hall–Kier alpha value is -3.07. The van der Waals surface area contributed by atoms with Gasteiger partial charge < -0.3 is 5.32 Å². The summed E-state index contributed by atoms with van der Waals surface area (Å²) in [5, 5.41) is 13.5. The zero-order valence-electron chi connectivity index (χ0n) is 11.1. The molecule has 0 unspecified atom stereocenters. The van der Waals surface area contributed by atoms with E-state index < -0.39 is 10.8 Å². The number of nitro benzene ring substituents is 1. The van der Waals surface area contributed by atoms with Crippen molar-refractivity contribution in [2.75, 3.05) is 5.32 Å². The Balaban J connectivity index is 1.85. The van der Waals surface area contributed by atoms with Crippen LogP contribution in [0.4, 0.5) is 11.4 Å². The van der Waals surface area contributed by atoms with E-state index in [-0.39, 0.29) is 16.5 Å². The number of pyridine rings is 1. The minimum Gasteiger partial charge on any atom is -0.331 e. The average Bonchev–Trinajstić information content (AvgIpc) is 2.54. The van der Waals surface area contributed by atoms with Crippen LogP contribution in [0.25, 0.3) is 0 Å². The summed E-state index contributed by atoms with van der Waals surface area (Å²) in [7, 11) is 0.